The maximum Gasteiger partial charge on any atom is 0.251 e. The number of rotatable bonds is 8. The standard InChI is InChI=1S/C20H28ClN5O2.HI/c1-5-22-20(26(3)14-17-12-16(21)13-25(17)2)24-11-10-23-19(27)15-6-8-18(28-4)9-7-15;/h6-9,12-13H,5,10-11,14H2,1-4H3,(H,22,24)(H,23,27);1H. The molecule has 2 N–H and O–H groups in total. The van der Waals surface area contributed by atoms with Crippen molar-refractivity contribution in [2.24, 2.45) is 12.0 Å². The number of nitrogens with one attached hydrogen (secondary N) is 2. The van der Waals surface area contributed by atoms with Gasteiger partial charge in [-0.2, -0.15) is 0 Å². The minimum absolute atomic E-state index is 0. The topological polar surface area (TPSA) is 70.9 Å². The molecule has 29 heavy (non-hydrogen) atoms. The van der Waals surface area contributed by atoms with E-state index in [0.717, 1.165) is 23.9 Å². The largest absolute Gasteiger partial charge is 0.497 e. The Morgan fingerprint density at radius 2 is 1.97 bits per heavy atom. The van der Waals surface area contributed by atoms with Gasteiger partial charge in [0.1, 0.15) is 5.75 Å². The molecule has 0 saturated heterocycles. The summed E-state index contributed by atoms with van der Waals surface area (Å²) in [6, 6.07) is 8.94. The number of aromatic nitrogens is 1. The third kappa shape index (κ3) is 7.77. The van der Waals surface area contributed by atoms with Crippen molar-refractivity contribution in [1.82, 2.24) is 20.1 Å². The molecule has 0 fully saturated rings. The summed E-state index contributed by atoms with van der Waals surface area (Å²) in [5.74, 6) is 1.37. The Bertz CT molecular complexity index is 808. The lowest BCUT2D eigenvalue weighted by atomic mass is 10.2. The van der Waals surface area contributed by atoms with Crippen LogP contribution in [-0.4, -0.2) is 55.1 Å². The molecule has 1 aromatic heterocycles. The van der Waals surface area contributed by atoms with E-state index in [0.29, 0.717) is 30.2 Å². The molecule has 1 aromatic carbocycles. The number of hydrogen-bond donors (Lipinski definition) is 2. The van der Waals surface area contributed by atoms with Crippen LogP contribution in [-0.2, 0) is 13.6 Å². The van der Waals surface area contributed by atoms with Crippen LogP contribution in [0.15, 0.2) is 41.5 Å². The van der Waals surface area contributed by atoms with Crippen LogP contribution >= 0.6 is 35.6 Å². The van der Waals surface area contributed by atoms with Gasteiger partial charge in [-0.25, -0.2) is 0 Å². The Morgan fingerprint density at radius 3 is 2.52 bits per heavy atom. The zero-order valence-electron chi connectivity index (χ0n) is 17.2. The quantitative estimate of drug-likeness (QED) is 0.237. The second-order valence-corrected chi connectivity index (χ2v) is 6.77. The molecular weight excluding hydrogens is 505 g/mol. The Morgan fingerprint density at radius 1 is 1.28 bits per heavy atom. The average molecular weight is 534 g/mol. The van der Waals surface area contributed by atoms with Gasteiger partial charge in [0.05, 0.1) is 25.2 Å². The molecule has 1 amide bonds. The van der Waals surface area contributed by atoms with Crippen LogP contribution in [0.3, 0.4) is 0 Å². The monoisotopic (exact) mass is 533 g/mol. The van der Waals surface area contributed by atoms with Crippen LogP contribution in [0.5, 0.6) is 5.75 Å². The molecule has 2 rings (SSSR count). The Labute approximate surface area is 194 Å². The first-order chi connectivity index (χ1) is 13.4. The molecule has 0 aliphatic heterocycles. The van der Waals surface area contributed by atoms with E-state index in [2.05, 4.69) is 15.6 Å². The van der Waals surface area contributed by atoms with Crippen LogP contribution in [0.1, 0.15) is 23.0 Å². The first-order valence-electron chi connectivity index (χ1n) is 9.17. The number of amides is 1. The van der Waals surface area contributed by atoms with Crippen molar-refractivity contribution in [3.05, 3.63) is 52.8 Å². The van der Waals surface area contributed by atoms with Crippen molar-refractivity contribution < 1.29 is 9.53 Å². The molecule has 1 heterocycles. The van der Waals surface area contributed by atoms with E-state index in [1.165, 1.54) is 0 Å². The highest BCUT2D eigenvalue weighted by atomic mass is 127. The molecule has 0 aliphatic rings. The van der Waals surface area contributed by atoms with E-state index in [9.17, 15) is 4.79 Å². The summed E-state index contributed by atoms with van der Waals surface area (Å²) in [5, 5.41) is 6.87. The van der Waals surface area contributed by atoms with Gasteiger partial charge in [-0.05, 0) is 37.3 Å². The van der Waals surface area contributed by atoms with E-state index < -0.39 is 0 Å². The zero-order chi connectivity index (χ0) is 20.5. The van der Waals surface area contributed by atoms with Crippen molar-refractivity contribution in [1.29, 1.82) is 0 Å². The molecule has 0 spiro atoms. The highest BCUT2D eigenvalue weighted by molar-refractivity contribution is 14.0. The second kappa shape index (κ2) is 12.6. The van der Waals surface area contributed by atoms with Crippen LogP contribution < -0.4 is 15.4 Å². The lowest BCUT2D eigenvalue weighted by molar-refractivity contribution is 0.0954. The lowest BCUT2D eigenvalue weighted by Crippen LogP contribution is -2.39. The van der Waals surface area contributed by atoms with Gasteiger partial charge in [-0.3, -0.25) is 9.79 Å². The molecule has 160 valence electrons. The van der Waals surface area contributed by atoms with E-state index >= 15 is 0 Å². The van der Waals surface area contributed by atoms with E-state index in [-0.39, 0.29) is 29.9 Å². The summed E-state index contributed by atoms with van der Waals surface area (Å²) in [6.07, 6.45) is 1.88. The number of carbonyl (C=O) groups is 1. The molecule has 0 unspecified atom stereocenters. The highest BCUT2D eigenvalue weighted by Crippen LogP contribution is 2.14. The predicted molar refractivity (Wildman–Crippen MR) is 129 cm³/mol. The fraction of sp³-hybridized carbons (Fsp3) is 0.400. The number of benzene rings is 1. The van der Waals surface area contributed by atoms with Gasteiger partial charge in [0.15, 0.2) is 5.96 Å². The van der Waals surface area contributed by atoms with Crippen molar-refractivity contribution >= 4 is 47.4 Å². The van der Waals surface area contributed by atoms with E-state index in [4.69, 9.17) is 16.3 Å². The maximum atomic E-state index is 12.2. The first kappa shape index (κ1) is 25.1. The third-order valence-electron chi connectivity index (χ3n) is 4.18. The Kier molecular flexibility index (Phi) is 10.9. The summed E-state index contributed by atoms with van der Waals surface area (Å²) < 4.78 is 7.10. The van der Waals surface area contributed by atoms with Crippen molar-refractivity contribution in [2.45, 2.75) is 13.5 Å². The number of guanidine groups is 1. The molecular formula is C20H29ClIN5O2. The third-order valence-corrected chi connectivity index (χ3v) is 4.39. The molecule has 2 aromatic rings. The minimum Gasteiger partial charge on any atom is -0.497 e. The minimum atomic E-state index is -0.130. The number of nitrogens with zero attached hydrogens (tertiary/aromatic N) is 3. The molecule has 0 saturated carbocycles. The average Bonchev–Trinajstić information content (AvgIpc) is 3.00. The first-order valence-corrected chi connectivity index (χ1v) is 9.54. The van der Waals surface area contributed by atoms with Crippen molar-refractivity contribution in [3.8, 4) is 5.75 Å². The SMILES string of the molecule is CCNC(=NCCNC(=O)c1ccc(OC)cc1)N(C)Cc1cc(Cl)cn1C.I. The number of aryl methyl sites for hydroxylation is 1. The summed E-state index contributed by atoms with van der Waals surface area (Å²) >= 11 is 6.06. The fourth-order valence-electron chi connectivity index (χ4n) is 2.69. The van der Waals surface area contributed by atoms with Crippen molar-refractivity contribution in [2.75, 3.05) is 33.8 Å². The molecule has 0 aliphatic carbocycles. The van der Waals surface area contributed by atoms with Crippen molar-refractivity contribution in [3.63, 3.8) is 0 Å². The second-order valence-electron chi connectivity index (χ2n) is 6.34. The fourth-order valence-corrected chi connectivity index (χ4v) is 2.96. The number of ether oxygens (including phenoxy) is 1. The summed E-state index contributed by atoms with van der Waals surface area (Å²) in [4.78, 5) is 18.8. The summed E-state index contributed by atoms with van der Waals surface area (Å²) in [5.41, 5.74) is 1.68. The smallest absolute Gasteiger partial charge is 0.251 e. The van der Waals surface area contributed by atoms with Crippen LogP contribution in [0.25, 0.3) is 0 Å². The molecule has 9 heteroatoms. The summed E-state index contributed by atoms with van der Waals surface area (Å²) in [7, 11) is 5.53. The number of carbonyl (C=O) groups excluding carboxylic acids is 1. The molecule has 0 radical (unpaired) electrons. The van der Waals surface area contributed by atoms with Crippen LogP contribution in [0.2, 0.25) is 5.02 Å². The Balaban J connectivity index is 0.00000420. The number of aliphatic imine (C=N–C) groups is 1. The maximum absolute atomic E-state index is 12.2. The van der Waals surface area contributed by atoms with Gasteiger partial charge < -0.3 is 24.8 Å². The summed E-state index contributed by atoms with van der Waals surface area (Å²) in [6.45, 7) is 4.38. The van der Waals surface area contributed by atoms with Gasteiger partial charge in [0.2, 0.25) is 0 Å². The van der Waals surface area contributed by atoms with Gasteiger partial charge in [0.25, 0.3) is 5.91 Å². The van der Waals surface area contributed by atoms with Crippen LogP contribution in [0.4, 0.5) is 0 Å². The highest BCUT2D eigenvalue weighted by Gasteiger charge is 2.10. The van der Waals surface area contributed by atoms with Gasteiger partial charge in [-0.1, -0.05) is 11.6 Å². The zero-order valence-corrected chi connectivity index (χ0v) is 20.3. The number of halogens is 2. The normalized spacial score (nSPS) is 10.9. The van der Waals surface area contributed by atoms with E-state index in [1.54, 1.807) is 31.4 Å². The molecule has 0 atom stereocenters. The number of methoxy groups -OCH3 is 1. The van der Waals surface area contributed by atoms with E-state index in [1.807, 2.05) is 42.7 Å². The van der Waals surface area contributed by atoms with Gasteiger partial charge in [0, 0.05) is 44.6 Å². The molecule has 0 bridgehead atoms. The lowest BCUT2D eigenvalue weighted by Gasteiger charge is -2.22. The predicted octanol–water partition coefficient (Wildman–Crippen LogP) is 3.13. The van der Waals surface area contributed by atoms with Gasteiger partial charge in [-0.15, -0.1) is 24.0 Å². The number of hydrogen-bond acceptors (Lipinski definition) is 3. The Hall–Kier alpha value is -1.94. The van der Waals surface area contributed by atoms with Crippen LogP contribution in [0, 0.1) is 0 Å². The van der Waals surface area contributed by atoms with Gasteiger partial charge >= 0.3 is 0 Å². The molecule has 7 nitrogen and oxygen atoms in total.